The fourth-order valence-corrected chi connectivity index (χ4v) is 4.59. The van der Waals surface area contributed by atoms with Crippen molar-refractivity contribution in [2.45, 2.75) is 60.3 Å². The van der Waals surface area contributed by atoms with Gasteiger partial charge in [-0.25, -0.2) is 9.67 Å². The minimum absolute atomic E-state index is 0.271. The number of piperidine rings is 1. The summed E-state index contributed by atoms with van der Waals surface area (Å²) < 4.78 is 1.94. The summed E-state index contributed by atoms with van der Waals surface area (Å²) in [6.45, 7) is 12.4. The maximum Gasteiger partial charge on any atom is 0.222 e. The summed E-state index contributed by atoms with van der Waals surface area (Å²) in [4.78, 5) is 19.7. The zero-order chi connectivity index (χ0) is 21.4. The molecule has 1 aliphatic heterocycles. The highest BCUT2D eigenvalue weighted by molar-refractivity contribution is 5.85. The number of hydrogen-bond acceptors (Lipinski definition) is 3. The van der Waals surface area contributed by atoms with E-state index in [2.05, 4.69) is 52.0 Å². The van der Waals surface area contributed by atoms with Gasteiger partial charge in [0, 0.05) is 30.6 Å². The number of aromatic nitrogens is 3. The Morgan fingerprint density at radius 3 is 2.37 bits per heavy atom. The Bertz CT molecular complexity index is 1070. The molecule has 0 radical (unpaired) electrons. The van der Waals surface area contributed by atoms with Crippen LogP contribution in [0.25, 0.3) is 16.7 Å². The van der Waals surface area contributed by atoms with Crippen LogP contribution in [0.4, 0.5) is 0 Å². The molecule has 0 unspecified atom stereocenters. The van der Waals surface area contributed by atoms with Crippen LogP contribution in [0, 0.1) is 33.6 Å². The highest BCUT2D eigenvalue weighted by Gasteiger charge is 2.22. The van der Waals surface area contributed by atoms with E-state index in [9.17, 15) is 4.79 Å². The summed E-state index contributed by atoms with van der Waals surface area (Å²) in [5.41, 5.74) is 7.50. The third kappa shape index (κ3) is 3.85. The summed E-state index contributed by atoms with van der Waals surface area (Å²) in [6, 6.07) is 8.36. The summed E-state index contributed by atoms with van der Waals surface area (Å²) in [7, 11) is 0. The molecular formula is C25H32N4O. The van der Waals surface area contributed by atoms with Gasteiger partial charge in [-0.3, -0.25) is 4.79 Å². The lowest BCUT2D eigenvalue weighted by Crippen LogP contribution is -2.38. The molecule has 3 heterocycles. The number of amides is 1. The Labute approximate surface area is 179 Å². The van der Waals surface area contributed by atoms with E-state index in [1.165, 1.54) is 16.7 Å². The van der Waals surface area contributed by atoms with Gasteiger partial charge in [0.15, 0.2) is 5.65 Å². The standard InChI is InChI=1S/C25H32N4O/c1-16-6-8-21(9-7-16)29-25-24(20(5)27-29)18(3)22(19(4)26-25)10-11-23(30)28-14-12-17(2)13-15-28/h6-9,17H,10-15H2,1-5H3. The van der Waals surface area contributed by atoms with Crippen molar-refractivity contribution in [2.24, 2.45) is 5.92 Å². The van der Waals surface area contributed by atoms with Gasteiger partial charge < -0.3 is 4.90 Å². The molecule has 0 saturated carbocycles. The topological polar surface area (TPSA) is 51.0 Å². The molecule has 30 heavy (non-hydrogen) atoms. The van der Waals surface area contributed by atoms with Crippen molar-refractivity contribution in [1.82, 2.24) is 19.7 Å². The van der Waals surface area contributed by atoms with Gasteiger partial charge in [-0.1, -0.05) is 24.6 Å². The van der Waals surface area contributed by atoms with Gasteiger partial charge in [0.25, 0.3) is 0 Å². The summed E-state index contributed by atoms with van der Waals surface area (Å²) in [6.07, 6.45) is 3.53. The molecule has 1 fully saturated rings. The molecule has 0 spiro atoms. The molecule has 4 rings (SSSR count). The maximum absolute atomic E-state index is 12.7. The summed E-state index contributed by atoms with van der Waals surface area (Å²) in [5, 5.41) is 5.89. The van der Waals surface area contributed by atoms with E-state index >= 15 is 0 Å². The number of hydrogen-bond donors (Lipinski definition) is 0. The second-order valence-corrected chi connectivity index (χ2v) is 8.90. The van der Waals surface area contributed by atoms with Gasteiger partial charge >= 0.3 is 0 Å². The number of pyridine rings is 1. The van der Waals surface area contributed by atoms with Crippen molar-refractivity contribution in [1.29, 1.82) is 0 Å². The minimum Gasteiger partial charge on any atom is -0.343 e. The number of benzene rings is 1. The zero-order valence-corrected chi connectivity index (χ0v) is 18.8. The molecule has 0 N–H and O–H groups in total. The van der Waals surface area contributed by atoms with Crippen LogP contribution in [0.3, 0.4) is 0 Å². The minimum atomic E-state index is 0.271. The van der Waals surface area contributed by atoms with Gasteiger partial charge in [-0.05, 0) is 76.1 Å². The molecule has 0 bridgehead atoms. The van der Waals surface area contributed by atoms with E-state index in [1.807, 2.05) is 16.5 Å². The lowest BCUT2D eigenvalue weighted by molar-refractivity contribution is -0.132. The number of fused-ring (bicyclic) bond motifs is 1. The number of aryl methyl sites for hydroxylation is 4. The first-order chi connectivity index (χ1) is 14.3. The molecular weight excluding hydrogens is 372 g/mol. The van der Waals surface area contributed by atoms with Crippen LogP contribution in [0.15, 0.2) is 24.3 Å². The van der Waals surface area contributed by atoms with E-state index in [0.29, 0.717) is 6.42 Å². The average molecular weight is 405 g/mol. The smallest absolute Gasteiger partial charge is 0.222 e. The number of carbonyl (C=O) groups is 1. The molecule has 2 aromatic heterocycles. The van der Waals surface area contributed by atoms with Crippen molar-refractivity contribution >= 4 is 16.9 Å². The van der Waals surface area contributed by atoms with Crippen LogP contribution in [0.2, 0.25) is 0 Å². The van der Waals surface area contributed by atoms with Gasteiger partial charge in [0.2, 0.25) is 5.91 Å². The lowest BCUT2D eigenvalue weighted by Gasteiger charge is -2.30. The summed E-state index contributed by atoms with van der Waals surface area (Å²) >= 11 is 0. The molecule has 0 aliphatic carbocycles. The van der Waals surface area contributed by atoms with E-state index in [-0.39, 0.29) is 5.91 Å². The first-order valence-corrected chi connectivity index (χ1v) is 11.1. The molecule has 1 amide bonds. The van der Waals surface area contributed by atoms with E-state index in [4.69, 9.17) is 10.1 Å². The lowest BCUT2D eigenvalue weighted by atomic mass is 9.97. The largest absolute Gasteiger partial charge is 0.343 e. The molecule has 158 valence electrons. The predicted molar refractivity (Wildman–Crippen MR) is 121 cm³/mol. The monoisotopic (exact) mass is 404 g/mol. The van der Waals surface area contributed by atoms with Crippen LogP contribution >= 0.6 is 0 Å². The van der Waals surface area contributed by atoms with Crippen LogP contribution in [-0.4, -0.2) is 38.7 Å². The first-order valence-electron chi connectivity index (χ1n) is 11.1. The highest BCUT2D eigenvalue weighted by Crippen LogP contribution is 2.28. The van der Waals surface area contributed by atoms with Crippen molar-refractivity contribution < 1.29 is 4.79 Å². The predicted octanol–water partition coefficient (Wildman–Crippen LogP) is 4.85. The van der Waals surface area contributed by atoms with Crippen LogP contribution < -0.4 is 0 Å². The van der Waals surface area contributed by atoms with Crippen molar-refractivity contribution in [3.63, 3.8) is 0 Å². The zero-order valence-electron chi connectivity index (χ0n) is 18.8. The van der Waals surface area contributed by atoms with Crippen LogP contribution in [-0.2, 0) is 11.2 Å². The fourth-order valence-electron chi connectivity index (χ4n) is 4.59. The van der Waals surface area contributed by atoms with Crippen molar-refractivity contribution in [3.05, 3.63) is 52.3 Å². The van der Waals surface area contributed by atoms with Crippen molar-refractivity contribution in [2.75, 3.05) is 13.1 Å². The Balaban J connectivity index is 1.61. The normalized spacial score (nSPS) is 15.2. The first kappa shape index (κ1) is 20.6. The molecule has 0 atom stereocenters. The van der Waals surface area contributed by atoms with E-state index in [1.54, 1.807) is 0 Å². The Kier molecular flexibility index (Phi) is 5.63. The summed E-state index contributed by atoms with van der Waals surface area (Å²) in [5.74, 6) is 1.01. The Morgan fingerprint density at radius 1 is 1.03 bits per heavy atom. The quantitative estimate of drug-likeness (QED) is 0.625. The van der Waals surface area contributed by atoms with Crippen molar-refractivity contribution in [3.8, 4) is 5.69 Å². The van der Waals surface area contributed by atoms with Crippen LogP contribution in [0.5, 0.6) is 0 Å². The maximum atomic E-state index is 12.7. The van der Waals surface area contributed by atoms with E-state index in [0.717, 1.165) is 66.4 Å². The molecule has 5 nitrogen and oxygen atoms in total. The number of nitrogens with zero attached hydrogens (tertiary/aromatic N) is 4. The number of likely N-dealkylation sites (tertiary alicyclic amines) is 1. The SMILES string of the molecule is Cc1ccc(-n2nc(C)c3c(C)c(CCC(=O)N4CCC(C)CC4)c(C)nc32)cc1. The number of rotatable bonds is 4. The average Bonchev–Trinajstić information content (AvgIpc) is 3.05. The third-order valence-electron chi connectivity index (χ3n) is 6.58. The Hall–Kier alpha value is -2.69. The molecule has 5 heteroatoms. The Morgan fingerprint density at radius 2 is 1.70 bits per heavy atom. The molecule has 3 aromatic rings. The molecule has 1 saturated heterocycles. The van der Waals surface area contributed by atoms with Gasteiger partial charge in [-0.15, -0.1) is 0 Å². The van der Waals surface area contributed by atoms with Gasteiger partial charge in [-0.2, -0.15) is 5.10 Å². The third-order valence-corrected chi connectivity index (χ3v) is 6.58. The van der Waals surface area contributed by atoms with Gasteiger partial charge in [0.1, 0.15) is 0 Å². The highest BCUT2D eigenvalue weighted by atomic mass is 16.2. The second kappa shape index (κ2) is 8.21. The van der Waals surface area contributed by atoms with Gasteiger partial charge in [0.05, 0.1) is 11.4 Å². The van der Waals surface area contributed by atoms with E-state index < -0.39 is 0 Å². The molecule has 1 aliphatic rings. The second-order valence-electron chi connectivity index (χ2n) is 8.90. The van der Waals surface area contributed by atoms with Crippen LogP contribution in [0.1, 0.15) is 54.3 Å². The fraction of sp³-hybridized carbons (Fsp3) is 0.480. The molecule has 1 aromatic carbocycles. The number of carbonyl (C=O) groups excluding carboxylic acids is 1.